The van der Waals surface area contributed by atoms with Crippen LogP contribution >= 0.6 is 0 Å². The molecule has 0 bridgehead atoms. The summed E-state index contributed by atoms with van der Waals surface area (Å²) in [5, 5.41) is 10.8. The predicted octanol–water partition coefficient (Wildman–Crippen LogP) is 1.95. The predicted molar refractivity (Wildman–Crippen MR) is 63.1 cm³/mol. The first-order valence-electron chi connectivity index (χ1n) is 5.18. The molecule has 0 spiro atoms. The van der Waals surface area contributed by atoms with E-state index in [1.54, 1.807) is 6.07 Å². The highest BCUT2D eigenvalue weighted by Crippen LogP contribution is 2.21. The van der Waals surface area contributed by atoms with Crippen molar-refractivity contribution in [2.24, 2.45) is 0 Å². The molecule has 88 valence electrons. The number of aromatic amines is 1. The lowest BCUT2D eigenvalue weighted by atomic mass is 10.1. The monoisotopic (exact) mass is 233 g/mol. The Labute approximate surface area is 96.5 Å². The van der Waals surface area contributed by atoms with Crippen molar-refractivity contribution >= 4 is 16.6 Å². The van der Waals surface area contributed by atoms with Crippen LogP contribution in [0, 0.1) is 10.1 Å². The lowest BCUT2D eigenvalue weighted by Gasteiger charge is -2.05. The lowest BCUT2D eigenvalue weighted by molar-refractivity contribution is -0.383. The number of hydrogen-bond acceptors (Lipinski definition) is 4. The maximum atomic E-state index is 11.8. The molecule has 1 N–H and O–H groups in total. The zero-order valence-corrected chi connectivity index (χ0v) is 9.43. The van der Waals surface area contributed by atoms with E-state index < -0.39 is 10.5 Å². The van der Waals surface area contributed by atoms with Crippen LogP contribution in [0.2, 0.25) is 0 Å². The Morgan fingerprint density at radius 2 is 2.12 bits per heavy atom. The molecule has 2 aromatic rings. The number of rotatable bonds is 2. The van der Waals surface area contributed by atoms with Crippen LogP contribution in [-0.2, 0) is 0 Å². The number of nitrogens with one attached hydrogen (secondary N) is 1. The molecule has 0 saturated heterocycles. The highest BCUT2D eigenvalue weighted by molar-refractivity contribution is 5.86. The zero-order chi connectivity index (χ0) is 12.6. The molecule has 17 heavy (non-hydrogen) atoms. The van der Waals surface area contributed by atoms with Gasteiger partial charge >= 0.3 is 0 Å². The second-order valence-electron chi connectivity index (χ2n) is 4.03. The molecule has 6 nitrogen and oxygen atoms in total. The SMILES string of the molecule is CC(C)c1nc2cccc([N+](=O)[O-])c2c(=O)[nH]1. The fourth-order valence-electron chi connectivity index (χ4n) is 1.62. The average Bonchev–Trinajstić information content (AvgIpc) is 2.27. The van der Waals surface area contributed by atoms with E-state index in [9.17, 15) is 14.9 Å². The van der Waals surface area contributed by atoms with Gasteiger partial charge in [-0.05, 0) is 6.07 Å². The molecule has 1 aromatic heterocycles. The fourth-order valence-corrected chi connectivity index (χ4v) is 1.62. The van der Waals surface area contributed by atoms with Crippen molar-refractivity contribution in [2.45, 2.75) is 19.8 Å². The maximum absolute atomic E-state index is 11.8. The summed E-state index contributed by atoms with van der Waals surface area (Å²) in [5.74, 6) is 0.592. The van der Waals surface area contributed by atoms with Gasteiger partial charge in [0, 0.05) is 12.0 Å². The van der Waals surface area contributed by atoms with Gasteiger partial charge in [0.1, 0.15) is 11.2 Å². The number of hydrogen-bond donors (Lipinski definition) is 1. The van der Waals surface area contributed by atoms with Crippen molar-refractivity contribution in [3.8, 4) is 0 Å². The van der Waals surface area contributed by atoms with Gasteiger partial charge in [-0.3, -0.25) is 14.9 Å². The van der Waals surface area contributed by atoms with Crippen molar-refractivity contribution < 1.29 is 4.92 Å². The summed E-state index contributed by atoms with van der Waals surface area (Å²) in [6.45, 7) is 3.78. The van der Waals surface area contributed by atoms with E-state index in [4.69, 9.17) is 0 Å². The van der Waals surface area contributed by atoms with Crippen molar-refractivity contribution in [3.63, 3.8) is 0 Å². The summed E-state index contributed by atoms with van der Waals surface area (Å²) in [7, 11) is 0. The van der Waals surface area contributed by atoms with Crippen LogP contribution in [0.5, 0.6) is 0 Å². The highest BCUT2D eigenvalue weighted by Gasteiger charge is 2.16. The summed E-state index contributed by atoms with van der Waals surface area (Å²) < 4.78 is 0. The van der Waals surface area contributed by atoms with Crippen LogP contribution < -0.4 is 5.56 Å². The number of benzene rings is 1. The largest absolute Gasteiger partial charge is 0.310 e. The smallest absolute Gasteiger partial charge is 0.284 e. The number of aromatic nitrogens is 2. The molecule has 0 atom stereocenters. The van der Waals surface area contributed by atoms with E-state index in [2.05, 4.69) is 9.97 Å². The summed E-state index contributed by atoms with van der Waals surface area (Å²) >= 11 is 0. The molecule has 0 unspecified atom stereocenters. The van der Waals surface area contributed by atoms with Gasteiger partial charge in [-0.1, -0.05) is 19.9 Å². The maximum Gasteiger partial charge on any atom is 0.284 e. The van der Waals surface area contributed by atoms with Crippen LogP contribution in [0.25, 0.3) is 10.9 Å². The van der Waals surface area contributed by atoms with Crippen LogP contribution in [0.3, 0.4) is 0 Å². The minimum absolute atomic E-state index is 0.0295. The third-order valence-corrected chi connectivity index (χ3v) is 2.47. The van der Waals surface area contributed by atoms with Crippen LogP contribution in [0.15, 0.2) is 23.0 Å². The van der Waals surface area contributed by atoms with Gasteiger partial charge in [0.15, 0.2) is 0 Å². The quantitative estimate of drug-likeness (QED) is 0.634. The van der Waals surface area contributed by atoms with E-state index >= 15 is 0 Å². The normalized spacial score (nSPS) is 11.0. The van der Waals surface area contributed by atoms with Gasteiger partial charge in [-0.25, -0.2) is 4.98 Å². The van der Waals surface area contributed by atoms with Crippen molar-refractivity contribution in [2.75, 3.05) is 0 Å². The number of non-ortho nitro benzene ring substituents is 1. The van der Waals surface area contributed by atoms with Crippen LogP contribution in [-0.4, -0.2) is 14.9 Å². The number of nitro benzene ring substituents is 1. The summed E-state index contributed by atoms with van der Waals surface area (Å²) in [6.07, 6.45) is 0. The number of fused-ring (bicyclic) bond motifs is 1. The van der Waals surface area contributed by atoms with E-state index in [0.29, 0.717) is 11.3 Å². The Morgan fingerprint density at radius 3 is 2.71 bits per heavy atom. The van der Waals surface area contributed by atoms with E-state index in [-0.39, 0.29) is 17.0 Å². The van der Waals surface area contributed by atoms with Gasteiger partial charge in [0.05, 0.1) is 10.4 Å². The molecule has 0 saturated carbocycles. The second kappa shape index (κ2) is 3.97. The molecule has 0 aliphatic heterocycles. The Kier molecular flexibility index (Phi) is 2.63. The van der Waals surface area contributed by atoms with E-state index in [0.717, 1.165) is 0 Å². The molecule has 1 heterocycles. The first-order chi connectivity index (χ1) is 8.00. The Bertz CT molecular complexity index is 646. The van der Waals surface area contributed by atoms with Gasteiger partial charge < -0.3 is 4.98 Å². The molecule has 0 aliphatic rings. The lowest BCUT2D eigenvalue weighted by Crippen LogP contribution is -2.14. The number of nitro groups is 1. The Balaban J connectivity index is 2.86. The second-order valence-corrected chi connectivity index (χ2v) is 4.03. The molecule has 2 rings (SSSR count). The number of nitrogens with zero attached hydrogens (tertiary/aromatic N) is 2. The van der Waals surface area contributed by atoms with Crippen molar-refractivity contribution in [1.29, 1.82) is 0 Å². The average molecular weight is 233 g/mol. The van der Waals surface area contributed by atoms with Crippen molar-refractivity contribution in [3.05, 3.63) is 44.5 Å². The third-order valence-electron chi connectivity index (χ3n) is 2.47. The molecule has 0 amide bonds. The first-order valence-corrected chi connectivity index (χ1v) is 5.18. The molecule has 0 fully saturated rings. The van der Waals surface area contributed by atoms with Gasteiger partial charge in [0.2, 0.25) is 0 Å². The van der Waals surface area contributed by atoms with Crippen molar-refractivity contribution in [1.82, 2.24) is 9.97 Å². The summed E-state index contributed by atoms with van der Waals surface area (Å²) in [6, 6.07) is 4.43. The standard InChI is InChI=1S/C11H11N3O3/c1-6(2)10-12-7-4-3-5-8(14(16)17)9(7)11(15)13-10/h3-6H,1-2H3,(H,12,13,15). The van der Waals surface area contributed by atoms with E-state index in [1.807, 2.05) is 13.8 Å². The topological polar surface area (TPSA) is 88.9 Å². The molecule has 6 heteroatoms. The third kappa shape index (κ3) is 1.89. The molecular formula is C11H11N3O3. The molecule has 1 aromatic carbocycles. The minimum Gasteiger partial charge on any atom is -0.310 e. The minimum atomic E-state index is -0.575. The Hall–Kier alpha value is -2.24. The summed E-state index contributed by atoms with van der Waals surface area (Å²) in [4.78, 5) is 28.9. The molecule has 0 radical (unpaired) electrons. The first kappa shape index (κ1) is 11.3. The molecule has 0 aliphatic carbocycles. The fraction of sp³-hybridized carbons (Fsp3) is 0.273. The van der Waals surface area contributed by atoms with Gasteiger partial charge in [0.25, 0.3) is 11.2 Å². The van der Waals surface area contributed by atoms with Gasteiger partial charge in [-0.2, -0.15) is 0 Å². The van der Waals surface area contributed by atoms with Crippen LogP contribution in [0.4, 0.5) is 5.69 Å². The van der Waals surface area contributed by atoms with Gasteiger partial charge in [-0.15, -0.1) is 0 Å². The summed E-state index contributed by atoms with van der Waals surface area (Å²) in [5.41, 5.74) is -0.329. The molecular weight excluding hydrogens is 222 g/mol. The highest BCUT2D eigenvalue weighted by atomic mass is 16.6. The Morgan fingerprint density at radius 1 is 1.41 bits per heavy atom. The van der Waals surface area contributed by atoms with E-state index in [1.165, 1.54) is 12.1 Å². The zero-order valence-electron chi connectivity index (χ0n) is 9.43. The van der Waals surface area contributed by atoms with Crippen LogP contribution in [0.1, 0.15) is 25.6 Å². The number of H-pyrrole nitrogens is 1.